The first-order chi connectivity index (χ1) is 13.4. The maximum atomic E-state index is 14.9. The van der Waals surface area contributed by atoms with Crippen molar-refractivity contribution in [2.24, 2.45) is 0 Å². The van der Waals surface area contributed by atoms with Crippen molar-refractivity contribution in [1.29, 1.82) is 0 Å². The van der Waals surface area contributed by atoms with Gasteiger partial charge < -0.3 is 0 Å². The van der Waals surface area contributed by atoms with E-state index in [1.165, 1.54) is 12.4 Å². The molecule has 0 amide bonds. The van der Waals surface area contributed by atoms with E-state index >= 15 is 0 Å². The summed E-state index contributed by atoms with van der Waals surface area (Å²) in [5.74, 6) is -0.486. The van der Waals surface area contributed by atoms with Gasteiger partial charge in [0.1, 0.15) is 43.5 Å². The number of nitrogens with zero attached hydrogens (tertiary/aromatic N) is 5. The molecule has 148 valence electrons. The zero-order valence-electron chi connectivity index (χ0n) is 17.0. The van der Waals surface area contributed by atoms with Crippen LogP contribution in [-0.2, 0) is 10.0 Å². The van der Waals surface area contributed by atoms with E-state index in [1.807, 2.05) is 31.4 Å². The lowest BCUT2D eigenvalue weighted by Gasteiger charge is -2.54. The van der Waals surface area contributed by atoms with Gasteiger partial charge in [0.15, 0.2) is 9.86 Å². The van der Waals surface area contributed by atoms with Crippen molar-refractivity contribution in [2.75, 3.05) is 0 Å². The maximum Gasteiger partial charge on any atom is 0.252 e. The van der Waals surface area contributed by atoms with Gasteiger partial charge in [0.05, 0.1) is 5.69 Å². The molecule has 1 aliphatic rings. The minimum Gasteiger partial charge on any atom is -0.221 e. The summed E-state index contributed by atoms with van der Waals surface area (Å²) in [6.45, 7) is 1.78. The van der Waals surface area contributed by atoms with Gasteiger partial charge in [-0.1, -0.05) is 0 Å². The number of aryl methyl sites for hydroxylation is 1. The third kappa shape index (κ3) is 3.44. The maximum absolute atomic E-state index is 14.9. The van der Waals surface area contributed by atoms with Crippen LogP contribution in [0, 0.1) is 12.7 Å². The topological polar surface area (TPSA) is 80.5 Å². The van der Waals surface area contributed by atoms with E-state index in [9.17, 15) is 12.8 Å². The molecular formula is C15H20B4FN5O2S2. The summed E-state index contributed by atoms with van der Waals surface area (Å²) in [5.41, 5.74) is 1.67. The highest BCUT2D eigenvalue weighted by atomic mass is 32.2. The van der Waals surface area contributed by atoms with Crippen LogP contribution in [0.4, 0.5) is 4.39 Å². The molecule has 0 spiro atoms. The lowest BCUT2D eigenvalue weighted by atomic mass is 9.46. The molecule has 0 unspecified atom stereocenters. The highest BCUT2D eigenvalue weighted by Crippen LogP contribution is 2.45. The fourth-order valence-corrected chi connectivity index (χ4v) is 8.01. The van der Waals surface area contributed by atoms with Gasteiger partial charge in [-0.2, -0.15) is 9.47 Å². The summed E-state index contributed by atoms with van der Waals surface area (Å²) in [4.78, 5) is 4.02. The summed E-state index contributed by atoms with van der Waals surface area (Å²) in [6.07, 6.45) is 4.04. The Hall–Kier alpha value is -1.65. The highest BCUT2D eigenvalue weighted by molar-refractivity contribution is 7.91. The molecule has 3 aromatic heterocycles. The van der Waals surface area contributed by atoms with E-state index in [4.69, 9.17) is 0 Å². The second-order valence-electron chi connectivity index (χ2n) is 8.93. The Morgan fingerprint density at radius 2 is 1.86 bits per heavy atom. The number of hydrogen-bond acceptors (Lipinski definition) is 6. The third-order valence-electron chi connectivity index (χ3n) is 5.53. The Balaban J connectivity index is 1.76. The molecular weight excluding hydrogens is 409 g/mol. The van der Waals surface area contributed by atoms with Crippen molar-refractivity contribution < 1.29 is 12.8 Å². The summed E-state index contributed by atoms with van der Waals surface area (Å²) in [5, 5.41) is 2.68. The average molecular weight is 429 g/mol. The number of sulfonamides is 1. The predicted octanol–water partition coefficient (Wildman–Crippen LogP) is -1.96. The molecule has 1 saturated heterocycles. The van der Waals surface area contributed by atoms with Crippen LogP contribution in [0.15, 0.2) is 28.9 Å². The molecule has 4 heterocycles. The monoisotopic (exact) mass is 429 g/mol. The first-order valence-corrected chi connectivity index (χ1v) is 11.6. The lowest BCUT2D eigenvalue weighted by Crippen LogP contribution is -2.68. The molecule has 3 aromatic rings. The summed E-state index contributed by atoms with van der Waals surface area (Å²) in [7, 11) is 3.87. The molecule has 29 heavy (non-hydrogen) atoms. The standard InChI is InChI=1S/C15H20B4FN5O2S2/c1-8-2-13(28-23-8)29(26,27)25-14(16,17)4-9(5-15(25,18)19)10-6-24-12(3-11(10)20)21-7-22-24/h2-3,6-7,9H,4-5,16-19H2,1H3. The largest absolute Gasteiger partial charge is 0.252 e. The summed E-state index contributed by atoms with van der Waals surface area (Å²) in [6, 6.07) is 2.99. The van der Waals surface area contributed by atoms with Crippen LogP contribution in [0.5, 0.6) is 0 Å². The Bertz CT molecular complexity index is 1180. The average Bonchev–Trinajstić information content (AvgIpc) is 3.19. The Morgan fingerprint density at radius 1 is 1.21 bits per heavy atom. The molecule has 4 rings (SSSR count). The van der Waals surface area contributed by atoms with Crippen molar-refractivity contribution >= 4 is 58.6 Å². The van der Waals surface area contributed by atoms with Gasteiger partial charge in [0, 0.05) is 17.8 Å². The van der Waals surface area contributed by atoms with Gasteiger partial charge in [-0.25, -0.2) is 26.6 Å². The molecule has 0 radical (unpaired) electrons. The lowest BCUT2D eigenvalue weighted by molar-refractivity contribution is 0.206. The number of piperidine rings is 1. The second-order valence-corrected chi connectivity index (χ2v) is 11.7. The van der Waals surface area contributed by atoms with Gasteiger partial charge in [0.25, 0.3) is 10.0 Å². The number of rotatable bonds is 3. The minimum atomic E-state index is -3.73. The molecule has 0 saturated carbocycles. The molecule has 0 atom stereocenters. The molecule has 1 fully saturated rings. The normalized spacial score (nSPS) is 20.2. The Kier molecular flexibility index (Phi) is 4.75. The molecule has 0 N–H and O–H groups in total. The van der Waals surface area contributed by atoms with Gasteiger partial charge in [0.2, 0.25) is 0 Å². The van der Waals surface area contributed by atoms with Crippen LogP contribution in [0.2, 0.25) is 0 Å². The van der Waals surface area contributed by atoms with E-state index in [1.54, 1.807) is 28.0 Å². The zero-order chi connectivity index (χ0) is 21.2. The zero-order valence-corrected chi connectivity index (χ0v) is 18.7. The van der Waals surface area contributed by atoms with Crippen molar-refractivity contribution in [1.82, 2.24) is 23.3 Å². The molecule has 14 heteroatoms. The van der Waals surface area contributed by atoms with Gasteiger partial charge in [-0.3, -0.25) is 0 Å². The van der Waals surface area contributed by atoms with Gasteiger partial charge >= 0.3 is 0 Å². The molecule has 1 aliphatic heterocycles. The minimum absolute atomic E-state index is 0.150. The predicted molar refractivity (Wildman–Crippen MR) is 120 cm³/mol. The van der Waals surface area contributed by atoms with Crippen LogP contribution in [0.1, 0.15) is 30.0 Å². The van der Waals surface area contributed by atoms with E-state index in [-0.39, 0.29) is 15.9 Å². The number of hydrogen-bond donors (Lipinski definition) is 0. The smallest absolute Gasteiger partial charge is 0.221 e. The fourth-order valence-electron chi connectivity index (χ4n) is 4.84. The van der Waals surface area contributed by atoms with Crippen LogP contribution >= 0.6 is 11.5 Å². The number of pyridine rings is 1. The van der Waals surface area contributed by atoms with E-state index < -0.39 is 20.7 Å². The van der Waals surface area contributed by atoms with Gasteiger partial charge in [-0.15, -0.1) is 0 Å². The Labute approximate surface area is 176 Å². The highest BCUT2D eigenvalue weighted by Gasteiger charge is 2.51. The van der Waals surface area contributed by atoms with Crippen molar-refractivity contribution in [3.8, 4) is 0 Å². The van der Waals surface area contributed by atoms with Crippen molar-refractivity contribution in [3.05, 3.63) is 41.7 Å². The third-order valence-corrected chi connectivity index (χ3v) is 9.15. The van der Waals surface area contributed by atoms with E-state index in [2.05, 4.69) is 14.5 Å². The van der Waals surface area contributed by atoms with Crippen molar-refractivity contribution in [2.45, 2.75) is 40.6 Å². The van der Waals surface area contributed by atoms with E-state index in [0.717, 1.165) is 11.5 Å². The van der Waals surface area contributed by atoms with E-state index in [0.29, 0.717) is 29.7 Å². The first-order valence-electron chi connectivity index (χ1n) is 9.39. The van der Waals surface area contributed by atoms with Crippen LogP contribution in [0.25, 0.3) is 5.65 Å². The molecule has 0 bridgehead atoms. The SMILES string of the molecule is BC1(B)CC(c2cn3ncnc3cc2F)CC(B)(B)N1S(=O)(=O)c1cc(C)ns1. The van der Waals surface area contributed by atoms with Crippen LogP contribution in [-0.4, -0.2) is 73.8 Å². The van der Waals surface area contributed by atoms with Crippen LogP contribution in [0.3, 0.4) is 0 Å². The molecule has 0 aromatic carbocycles. The fraction of sp³-hybridized carbons (Fsp3) is 0.400. The second kappa shape index (κ2) is 6.68. The summed E-state index contributed by atoms with van der Waals surface area (Å²) >= 11 is 0.995. The number of fused-ring (bicyclic) bond motifs is 1. The first kappa shape index (κ1) is 20.6. The number of aromatic nitrogens is 4. The van der Waals surface area contributed by atoms with Gasteiger partial charge in [-0.05, 0) is 54.0 Å². The van der Waals surface area contributed by atoms with Crippen molar-refractivity contribution in [3.63, 3.8) is 0 Å². The Morgan fingerprint density at radius 3 is 2.45 bits per heavy atom. The van der Waals surface area contributed by atoms with Crippen LogP contribution < -0.4 is 0 Å². The molecule has 0 aliphatic carbocycles. The summed E-state index contributed by atoms with van der Waals surface area (Å²) < 4.78 is 49.4. The quantitative estimate of drug-likeness (QED) is 0.453. The number of halogens is 1. The molecule has 7 nitrogen and oxygen atoms in total.